The SMILES string of the molecule is CCOCCN(CCCl)CCCCCl.Cl. The van der Waals surface area contributed by atoms with Gasteiger partial charge in [-0.25, -0.2) is 0 Å². The fraction of sp³-hybridized carbons (Fsp3) is 1.00. The highest BCUT2D eigenvalue weighted by Gasteiger charge is 2.02. The summed E-state index contributed by atoms with van der Waals surface area (Å²) in [5.74, 6) is 1.44. The summed E-state index contributed by atoms with van der Waals surface area (Å²) in [5, 5.41) is 0. The second-order valence-electron chi connectivity index (χ2n) is 3.12. The van der Waals surface area contributed by atoms with Gasteiger partial charge in [0.05, 0.1) is 6.61 Å². The molecule has 0 saturated heterocycles. The fourth-order valence-corrected chi connectivity index (χ4v) is 1.65. The minimum absolute atomic E-state index is 0. The van der Waals surface area contributed by atoms with Crippen LogP contribution in [0.2, 0.25) is 0 Å². The topological polar surface area (TPSA) is 12.5 Å². The van der Waals surface area contributed by atoms with Crippen LogP contribution in [-0.2, 0) is 4.74 Å². The molecule has 2 nitrogen and oxygen atoms in total. The van der Waals surface area contributed by atoms with Gasteiger partial charge in [0.1, 0.15) is 0 Å². The minimum atomic E-state index is 0. The number of ether oxygens (including phenoxy) is 1. The van der Waals surface area contributed by atoms with Crippen LogP contribution in [0.5, 0.6) is 0 Å². The molecular formula is C10H22Cl3NO. The molecule has 0 aromatic heterocycles. The van der Waals surface area contributed by atoms with Crippen molar-refractivity contribution >= 4 is 35.6 Å². The van der Waals surface area contributed by atoms with Crippen molar-refractivity contribution in [1.82, 2.24) is 4.90 Å². The molecule has 0 spiro atoms. The number of unbranched alkanes of at least 4 members (excludes halogenated alkanes) is 1. The molecule has 0 aliphatic rings. The molecule has 0 fully saturated rings. The molecule has 0 bridgehead atoms. The third-order valence-corrected chi connectivity index (χ3v) is 2.45. The van der Waals surface area contributed by atoms with Crippen molar-refractivity contribution in [3.8, 4) is 0 Å². The number of hydrogen-bond donors (Lipinski definition) is 0. The Kier molecular flexibility index (Phi) is 17.9. The van der Waals surface area contributed by atoms with Gasteiger partial charge in [-0.1, -0.05) is 0 Å². The van der Waals surface area contributed by atoms with Crippen LogP contribution in [0.15, 0.2) is 0 Å². The van der Waals surface area contributed by atoms with E-state index >= 15 is 0 Å². The lowest BCUT2D eigenvalue weighted by Gasteiger charge is -2.20. The molecular weight excluding hydrogens is 256 g/mol. The van der Waals surface area contributed by atoms with Gasteiger partial charge in [0.15, 0.2) is 0 Å². The van der Waals surface area contributed by atoms with Crippen LogP contribution in [-0.4, -0.2) is 49.5 Å². The summed E-state index contributed by atoms with van der Waals surface area (Å²) in [6.45, 7) is 6.59. The van der Waals surface area contributed by atoms with Gasteiger partial charge in [-0.15, -0.1) is 35.6 Å². The van der Waals surface area contributed by atoms with E-state index in [2.05, 4.69) is 4.90 Å². The molecule has 0 N–H and O–H groups in total. The van der Waals surface area contributed by atoms with Gasteiger partial charge < -0.3 is 4.74 Å². The maximum absolute atomic E-state index is 5.71. The number of nitrogens with zero attached hydrogens (tertiary/aromatic N) is 1. The summed E-state index contributed by atoms with van der Waals surface area (Å²) >= 11 is 11.3. The molecule has 0 unspecified atom stereocenters. The minimum Gasteiger partial charge on any atom is -0.380 e. The first-order valence-corrected chi connectivity index (χ1v) is 6.34. The van der Waals surface area contributed by atoms with Crippen LogP contribution in [0.3, 0.4) is 0 Å². The second-order valence-corrected chi connectivity index (χ2v) is 3.88. The van der Waals surface area contributed by atoms with Gasteiger partial charge >= 0.3 is 0 Å². The summed E-state index contributed by atoms with van der Waals surface area (Å²) in [6, 6.07) is 0. The lowest BCUT2D eigenvalue weighted by atomic mass is 10.3. The maximum atomic E-state index is 5.71. The molecule has 0 saturated carbocycles. The Labute approximate surface area is 110 Å². The van der Waals surface area contributed by atoms with Gasteiger partial charge in [0.2, 0.25) is 0 Å². The molecule has 0 atom stereocenters. The highest BCUT2D eigenvalue weighted by atomic mass is 35.5. The summed E-state index contributed by atoms with van der Waals surface area (Å²) in [6.07, 6.45) is 2.22. The van der Waals surface area contributed by atoms with E-state index in [1.807, 2.05) is 6.92 Å². The van der Waals surface area contributed by atoms with Crippen molar-refractivity contribution in [2.24, 2.45) is 0 Å². The smallest absolute Gasteiger partial charge is 0.0593 e. The van der Waals surface area contributed by atoms with Crippen molar-refractivity contribution in [2.45, 2.75) is 19.8 Å². The van der Waals surface area contributed by atoms with Crippen molar-refractivity contribution in [3.63, 3.8) is 0 Å². The van der Waals surface area contributed by atoms with Gasteiger partial charge in [-0.2, -0.15) is 0 Å². The first-order chi connectivity index (χ1) is 6.85. The highest BCUT2D eigenvalue weighted by Crippen LogP contribution is 1.98. The van der Waals surface area contributed by atoms with E-state index in [4.69, 9.17) is 27.9 Å². The Morgan fingerprint density at radius 2 is 1.73 bits per heavy atom. The van der Waals surface area contributed by atoms with Crippen LogP contribution in [0, 0.1) is 0 Å². The molecule has 0 aliphatic carbocycles. The maximum Gasteiger partial charge on any atom is 0.0593 e. The quantitative estimate of drug-likeness (QED) is 0.450. The van der Waals surface area contributed by atoms with E-state index in [-0.39, 0.29) is 12.4 Å². The Balaban J connectivity index is 0. The van der Waals surface area contributed by atoms with Crippen LogP contribution < -0.4 is 0 Å². The predicted octanol–water partition coefficient (Wildman–Crippen LogP) is 3.00. The van der Waals surface area contributed by atoms with E-state index in [9.17, 15) is 0 Å². The summed E-state index contributed by atoms with van der Waals surface area (Å²) in [5.41, 5.74) is 0. The van der Waals surface area contributed by atoms with E-state index in [0.29, 0.717) is 5.88 Å². The third kappa shape index (κ3) is 12.7. The zero-order valence-corrected chi connectivity index (χ0v) is 11.7. The van der Waals surface area contributed by atoms with E-state index < -0.39 is 0 Å². The van der Waals surface area contributed by atoms with Crippen molar-refractivity contribution in [2.75, 3.05) is 44.6 Å². The normalized spacial score (nSPS) is 10.4. The van der Waals surface area contributed by atoms with Gasteiger partial charge in [0.25, 0.3) is 0 Å². The number of halogens is 3. The van der Waals surface area contributed by atoms with Gasteiger partial charge in [0, 0.05) is 31.5 Å². The van der Waals surface area contributed by atoms with E-state index in [1.54, 1.807) is 0 Å². The number of hydrogen-bond acceptors (Lipinski definition) is 2. The molecule has 5 heteroatoms. The van der Waals surface area contributed by atoms with E-state index in [1.165, 1.54) is 0 Å². The Morgan fingerprint density at radius 3 is 2.27 bits per heavy atom. The van der Waals surface area contributed by atoms with Crippen LogP contribution in [0.4, 0.5) is 0 Å². The molecule has 0 rings (SSSR count). The van der Waals surface area contributed by atoms with E-state index in [0.717, 1.165) is 51.6 Å². The Bertz CT molecular complexity index is 107. The summed E-state index contributed by atoms with van der Waals surface area (Å²) in [7, 11) is 0. The molecule has 0 aliphatic heterocycles. The molecule has 0 aromatic carbocycles. The number of alkyl halides is 2. The van der Waals surface area contributed by atoms with Gasteiger partial charge in [-0.3, -0.25) is 4.90 Å². The lowest BCUT2D eigenvalue weighted by molar-refractivity contribution is 0.115. The molecule has 0 heterocycles. The second kappa shape index (κ2) is 14.8. The molecule has 15 heavy (non-hydrogen) atoms. The van der Waals surface area contributed by atoms with Gasteiger partial charge in [-0.05, 0) is 26.3 Å². The third-order valence-electron chi connectivity index (χ3n) is 2.01. The Hall–Kier alpha value is 0.790. The molecule has 94 valence electrons. The van der Waals surface area contributed by atoms with Crippen molar-refractivity contribution < 1.29 is 4.74 Å². The molecule has 0 amide bonds. The monoisotopic (exact) mass is 277 g/mol. The van der Waals surface area contributed by atoms with Crippen LogP contribution >= 0.6 is 35.6 Å². The predicted molar refractivity (Wildman–Crippen MR) is 70.9 cm³/mol. The zero-order chi connectivity index (χ0) is 10.6. The number of rotatable bonds is 10. The van der Waals surface area contributed by atoms with Crippen LogP contribution in [0.1, 0.15) is 19.8 Å². The summed E-state index contributed by atoms with van der Waals surface area (Å²) < 4.78 is 5.31. The van der Waals surface area contributed by atoms with Crippen LogP contribution in [0.25, 0.3) is 0 Å². The lowest BCUT2D eigenvalue weighted by Crippen LogP contribution is -2.30. The van der Waals surface area contributed by atoms with Crippen molar-refractivity contribution in [1.29, 1.82) is 0 Å². The summed E-state index contributed by atoms with van der Waals surface area (Å²) in [4.78, 5) is 2.33. The zero-order valence-electron chi connectivity index (χ0n) is 9.38. The Morgan fingerprint density at radius 1 is 1.00 bits per heavy atom. The first kappa shape index (κ1) is 18.2. The fourth-order valence-electron chi connectivity index (χ4n) is 1.22. The highest BCUT2D eigenvalue weighted by molar-refractivity contribution is 6.18. The molecule has 0 radical (unpaired) electrons. The average molecular weight is 279 g/mol. The standard InChI is InChI=1S/C10H21Cl2NO.ClH/c1-2-14-10-9-13(8-6-12)7-4-3-5-11;/h2-10H2,1H3;1H. The first-order valence-electron chi connectivity index (χ1n) is 5.27. The average Bonchev–Trinajstić information content (AvgIpc) is 2.18. The van der Waals surface area contributed by atoms with Crippen molar-refractivity contribution in [3.05, 3.63) is 0 Å². The largest absolute Gasteiger partial charge is 0.380 e. The molecule has 0 aromatic rings.